The lowest BCUT2D eigenvalue weighted by atomic mass is 9.88. The fourth-order valence-corrected chi connectivity index (χ4v) is 5.03. The molecule has 1 N–H and O–H groups in total. The minimum absolute atomic E-state index is 0.135. The molecule has 2 aromatic carbocycles. The third-order valence-electron chi connectivity index (χ3n) is 5.89. The standard InChI is InChI=1S/C22H20N2OS/c1-2-13-7-3-4-8-14(13)20-21(25)19-11-16-15-9-5-6-10-17(15)23-18(16)12-24(19)22(20)26/h3-10,19-20,23H,2,11-12H2,1H3/t19-,20+/m0/s1. The molecule has 3 heterocycles. The van der Waals surface area contributed by atoms with Crippen molar-refractivity contribution in [3.05, 3.63) is 70.9 Å². The number of nitrogens with zero attached hydrogens (tertiary/aromatic N) is 1. The minimum atomic E-state index is -0.276. The number of carbonyl (C=O) groups excluding carboxylic acids is 1. The van der Waals surface area contributed by atoms with Gasteiger partial charge in [0.05, 0.1) is 23.5 Å². The fourth-order valence-electron chi connectivity index (χ4n) is 4.60. The van der Waals surface area contributed by atoms with Gasteiger partial charge in [-0.3, -0.25) is 4.79 Å². The molecule has 3 aromatic rings. The molecular weight excluding hydrogens is 340 g/mol. The number of hydrogen-bond acceptors (Lipinski definition) is 2. The van der Waals surface area contributed by atoms with E-state index in [1.54, 1.807) is 0 Å². The van der Waals surface area contributed by atoms with Gasteiger partial charge in [0.1, 0.15) is 0 Å². The quantitative estimate of drug-likeness (QED) is 0.698. The van der Waals surface area contributed by atoms with E-state index in [1.807, 2.05) is 18.2 Å². The molecule has 0 saturated carbocycles. The van der Waals surface area contributed by atoms with Gasteiger partial charge in [-0.25, -0.2) is 0 Å². The Labute approximate surface area is 158 Å². The molecule has 0 amide bonds. The number of fused-ring (bicyclic) bond motifs is 4. The van der Waals surface area contributed by atoms with Crippen LogP contribution in [0.25, 0.3) is 10.9 Å². The number of nitrogens with one attached hydrogen (secondary N) is 1. The SMILES string of the molecule is CCc1ccccc1[C@@H]1C(=O)[C@@H]2Cc3c([nH]c4ccccc34)CN2C1=S. The van der Waals surface area contributed by atoms with Crippen LogP contribution in [0.2, 0.25) is 0 Å². The number of benzene rings is 2. The highest BCUT2D eigenvalue weighted by molar-refractivity contribution is 7.80. The van der Waals surface area contributed by atoms with Gasteiger partial charge in [0, 0.05) is 23.0 Å². The van der Waals surface area contributed by atoms with Gasteiger partial charge in [0.25, 0.3) is 0 Å². The maximum absolute atomic E-state index is 13.3. The predicted octanol–water partition coefficient (Wildman–Crippen LogP) is 4.15. The summed E-state index contributed by atoms with van der Waals surface area (Å²) >= 11 is 5.81. The van der Waals surface area contributed by atoms with Crippen molar-refractivity contribution in [1.29, 1.82) is 0 Å². The molecule has 3 nitrogen and oxygen atoms in total. The van der Waals surface area contributed by atoms with Gasteiger partial charge in [-0.1, -0.05) is 61.6 Å². The van der Waals surface area contributed by atoms with Crippen LogP contribution >= 0.6 is 12.2 Å². The molecule has 1 fully saturated rings. The third kappa shape index (κ3) is 2.12. The number of aromatic amines is 1. The van der Waals surface area contributed by atoms with Crippen LogP contribution in [0.3, 0.4) is 0 Å². The first-order valence-corrected chi connectivity index (χ1v) is 9.60. The second kappa shape index (κ2) is 5.78. The van der Waals surface area contributed by atoms with E-state index in [9.17, 15) is 4.79 Å². The van der Waals surface area contributed by atoms with Gasteiger partial charge in [-0.2, -0.15) is 0 Å². The predicted molar refractivity (Wildman–Crippen MR) is 107 cm³/mol. The first-order valence-electron chi connectivity index (χ1n) is 9.19. The molecule has 0 aliphatic carbocycles. The number of para-hydroxylation sites is 1. The van der Waals surface area contributed by atoms with Crippen LogP contribution < -0.4 is 0 Å². The number of hydrogen-bond donors (Lipinski definition) is 1. The zero-order valence-electron chi connectivity index (χ0n) is 14.7. The maximum atomic E-state index is 13.3. The van der Waals surface area contributed by atoms with Gasteiger partial charge in [0.15, 0.2) is 5.78 Å². The van der Waals surface area contributed by atoms with Crippen molar-refractivity contribution >= 4 is 33.9 Å². The Balaban J connectivity index is 1.57. The Morgan fingerprint density at radius 3 is 2.77 bits per heavy atom. The number of H-pyrrole nitrogens is 1. The van der Waals surface area contributed by atoms with E-state index >= 15 is 0 Å². The monoisotopic (exact) mass is 360 g/mol. The van der Waals surface area contributed by atoms with Crippen LogP contribution in [0.1, 0.15) is 35.2 Å². The molecular formula is C22H20N2OS. The zero-order chi connectivity index (χ0) is 17.8. The summed E-state index contributed by atoms with van der Waals surface area (Å²) in [7, 11) is 0. The number of ketones is 1. The highest BCUT2D eigenvalue weighted by Crippen LogP contribution is 2.40. The van der Waals surface area contributed by atoms with Crippen molar-refractivity contribution in [3.63, 3.8) is 0 Å². The van der Waals surface area contributed by atoms with E-state index < -0.39 is 0 Å². The van der Waals surface area contributed by atoms with Crippen LogP contribution in [0.4, 0.5) is 0 Å². The Bertz CT molecular complexity index is 1050. The molecule has 0 unspecified atom stereocenters. The topological polar surface area (TPSA) is 36.1 Å². The molecule has 1 aromatic heterocycles. The van der Waals surface area contributed by atoms with Crippen LogP contribution in [0.15, 0.2) is 48.5 Å². The van der Waals surface area contributed by atoms with E-state index in [0.717, 1.165) is 28.9 Å². The third-order valence-corrected chi connectivity index (χ3v) is 6.36. The summed E-state index contributed by atoms with van der Waals surface area (Å²) in [5, 5.41) is 1.23. The Hall–Kier alpha value is -2.46. The van der Waals surface area contributed by atoms with Crippen LogP contribution in [-0.2, 0) is 24.2 Å². The van der Waals surface area contributed by atoms with Crippen molar-refractivity contribution < 1.29 is 4.79 Å². The first kappa shape index (κ1) is 15.8. The molecule has 2 aliphatic rings. The Morgan fingerprint density at radius 2 is 1.92 bits per heavy atom. The number of Topliss-reactive ketones (excluding diaryl/α,β-unsaturated/α-hetero) is 1. The van der Waals surface area contributed by atoms with Crippen LogP contribution in [0.5, 0.6) is 0 Å². The molecule has 0 bridgehead atoms. The normalized spacial score (nSPS) is 22.0. The molecule has 0 radical (unpaired) electrons. The summed E-state index contributed by atoms with van der Waals surface area (Å²) in [6.07, 6.45) is 1.65. The van der Waals surface area contributed by atoms with Gasteiger partial charge >= 0.3 is 0 Å². The lowest BCUT2D eigenvalue weighted by molar-refractivity contribution is -0.121. The van der Waals surface area contributed by atoms with Crippen LogP contribution in [0, 0.1) is 0 Å². The highest BCUT2D eigenvalue weighted by Gasteiger charge is 2.48. The summed E-state index contributed by atoms with van der Waals surface area (Å²) in [4.78, 5) is 19.8. The molecule has 2 aliphatic heterocycles. The molecule has 5 rings (SSSR count). The number of aromatic nitrogens is 1. The summed E-state index contributed by atoms with van der Waals surface area (Å²) in [5.41, 5.74) is 5.93. The highest BCUT2D eigenvalue weighted by atomic mass is 32.1. The number of carbonyl (C=O) groups is 1. The number of thiocarbonyl (C=S) groups is 1. The average Bonchev–Trinajstić information content (AvgIpc) is 3.15. The smallest absolute Gasteiger partial charge is 0.169 e. The van der Waals surface area contributed by atoms with Gasteiger partial charge in [0.2, 0.25) is 0 Å². The molecule has 1 saturated heterocycles. The second-order valence-corrected chi connectivity index (χ2v) is 7.62. The minimum Gasteiger partial charge on any atom is -0.357 e. The van der Waals surface area contributed by atoms with E-state index in [1.165, 1.54) is 22.2 Å². The number of rotatable bonds is 2. The van der Waals surface area contributed by atoms with E-state index in [-0.39, 0.29) is 17.7 Å². The van der Waals surface area contributed by atoms with Crippen molar-refractivity contribution in [2.75, 3.05) is 0 Å². The average molecular weight is 360 g/mol. The summed E-state index contributed by atoms with van der Waals surface area (Å²) < 4.78 is 0. The molecule has 0 spiro atoms. The van der Waals surface area contributed by atoms with Crippen molar-refractivity contribution in [2.24, 2.45) is 0 Å². The van der Waals surface area contributed by atoms with Crippen molar-refractivity contribution in [1.82, 2.24) is 9.88 Å². The van der Waals surface area contributed by atoms with Gasteiger partial charge < -0.3 is 9.88 Å². The second-order valence-electron chi connectivity index (χ2n) is 7.20. The molecule has 4 heteroatoms. The van der Waals surface area contributed by atoms with E-state index in [0.29, 0.717) is 6.54 Å². The lowest BCUT2D eigenvalue weighted by Gasteiger charge is -2.30. The molecule has 130 valence electrons. The summed E-state index contributed by atoms with van der Waals surface area (Å²) in [6.45, 7) is 2.83. The molecule has 2 atom stereocenters. The van der Waals surface area contributed by atoms with Gasteiger partial charge in [-0.15, -0.1) is 0 Å². The maximum Gasteiger partial charge on any atom is 0.169 e. The molecule has 26 heavy (non-hydrogen) atoms. The van der Waals surface area contributed by atoms with Crippen LogP contribution in [-0.4, -0.2) is 26.7 Å². The lowest BCUT2D eigenvalue weighted by Crippen LogP contribution is -2.39. The van der Waals surface area contributed by atoms with Crippen molar-refractivity contribution in [3.8, 4) is 0 Å². The largest absolute Gasteiger partial charge is 0.357 e. The van der Waals surface area contributed by atoms with E-state index in [4.69, 9.17) is 12.2 Å². The fraction of sp³-hybridized carbons (Fsp3) is 0.273. The van der Waals surface area contributed by atoms with Crippen molar-refractivity contribution in [2.45, 2.75) is 38.3 Å². The van der Waals surface area contributed by atoms with Gasteiger partial charge in [-0.05, 0) is 29.2 Å². The summed E-state index contributed by atoms with van der Waals surface area (Å²) in [5.74, 6) is -0.0201. The Kier molecular flexibility index (Phi) is 3.50. The van der Waals surface area contributed by atoms with E-state index in [2.05, 4.69) is 47.1 Å². The summed E-state index contributed by atoms with van der Waals surface area (Å²) in [6, 6.07) is 16.4. The first-order chi connectivity index (χ1) is 12.7. The Morgan fingerprint density at radius 1 is 1.15 bits per heavy atom. The number of aryl methyl sites for hydroxylation is 1. The zero-order valence-corrected chi connectivity index (χ0v) is 15.5.